The van der Waals surface area contributed by atoms with Crippen LogP contribution >= 0.6 is 0 Å². The highest BCUT2D eigenvalue weighted by Gasteiger charge is 2.36. The molecule has 0 radical (unpaired) electrons. The molecule has 4 atom stereocenters. The molecule has 4 unspecified atom stereocenters. The summed E-state index contributed by atoms with van der Waals surface area (Å²) in [4.78, 5) is 0. The molecule has 0 heterocycles. The van der Waals surface area contributed by atoms with Crippen molar-refractivity contribution in [3.63, 3.8) is 0 Å². The average Bonchev–Trinajstić information content (AvgIpc) is 2.73. The largest absolute Gasteiger partial charge is 0.378 e. The highest BCUT2D eigenvalue weighted by Crippen LogP contribution is 2.47. The zero-order valence-electron chi connectivity index (χ0n) is 16.8. The maximum Gasteiger partial charge on any atom is 0.141 e. The lowest BCUT2D eigenvalue weighted by Crippen LogP contribution is -2.33. The summed E-state index contributed by atoms with van der Waals surface area (Å²) in [7, 11) is 0. The quantitative estimate of drug-likeness (QED) is 0.585. The molecule has 29 heavy (non-hydrogen) atoms. The standard InChI is InChI=1S/C25H27F2NO/c1-2-29-22-9-7-17-11-16(3-4-18(17)12-22)19-8-10-23(25(27)13-19)20-5-6-21(15-28)24(26)14-20/h5-6,8,10,13-14,16-18,22H,2-4,7,9,11-12H2,1H3. The molecule has 152 valence electrons. The van der Waals surface area contributed by atoms with Gasteiger partial charge < -0.3 is 4.74 Å². The molecule has 2 aromatic rings. The van der Waals surface area contributed by atoms with E-state index in [9.17, 15) is 8.78 Å². The van der Waals surface area contributed by atoms with Crippen molar-refractivity contribution in [3.8, 4) is 17.2 Å². The molecule has 2 fully saturated rings. The SMILES string of the molecule is CCOC1CCC2CC(c3ccc(-c4ccc(C#N)c(F)c4)c(F)c3)CCC2C1. The molecule has 0 aliphatic heterocycles. The summed E-state index contributed by atoms with van der Waals surface area (Å²) in [5.41, 5.74) is 1.86. The third kappa shape index (κ3) is 4.21. The van der Waals surface area contributed by atoms with Crippen molar-refractivity contribution in [2.75, 3.05) is 6.61 Å². The van der Waals surface area contributed by atoms with Crippen molar-refractivity contribution in [1.29, 1.82) is 5.26 Å². The zero-order chi connectivity index (χ0) is 20.4. The topological polar surface area (TPSA) is 33.0 Å². The Labute approximate surface area is 171 Å². The van der Waals surface area contributed by atoms with Gasteiger partial charge in [-0.15, -0.1) is 0 Å². The molecule has 2 aliphatic rings. The van der Waals surface area contributed by atoms with Gasteiger partial charge >= 0.3 is 0 Å². The van der Waals surface area contributed by atoms with Crippen LogP contribution in [0.15, 0.2) is 36.4 Å². The molecule has 4 heteroatoms. The number of fused-ring (bicyclic) bond motifs is 1. The fourth-order valence-electron chi connectivity index (χ4n) is 5.33. The molecule has 0 bridgehead atoms. The van der Waals surface area contributed by atoms with Gasteiger partial charge in [0.1, 0.15) is 17.7 Å². The molecule has 4 rings (SSSR count). The Morgan fingerprint density at radius 2 is 1.76 bits per heavy atom. The van der Waals surface area contributed by atoms with Gasteiger partial charge in [-0.3, -0.25) is 0 Å². The number of ether oxygens (including phenoxy) is 1. The van der Waals surface area contributed by atoms with Crippen LogP contribution in [0.3, 0.4) is 0 Å². The maximum absolute atomic E-state index is 14.9. The zero-order valence-corrected chi connectivity index (χ0v) is 16.8. The minimum atomic E-state index is -0.616. The van der Waals surface area contributed by atoms with Crippen LogP contribution in [0.25, 0.3) is 11.1 Å². The molecular weight excluding hydrogens is 368 g/mol. The van der Waals surface area contributed by atoms with E-state index in [-0.39, 0.29) is 11.4 Å². The highest BCUT2D eigenvalue weighted by atomic mass is 19.1. The van der Waals surface area contributed by atoms with E-state index in [0.29, 0.717) is 29.1 Å². The van der Waals surface area contributed by atoms with Gasteiger partial charge in [0.05, 0.1) is 11.7 Å². The van der Waals surface area contributed by atoms with Crippen LogP contribution in [-0.2, 0) is 4.74 Å². The third-order valence-corrected chi connectivity index (χ3v) is 6.83. The number of halogens is 2. The lowest BCUT2D eigenvalue weighted by atomic mass is 9.65. The summed E-state index contributed by atoms with van der Waals surface area (Å²) < 4.78 is 34.6. The van der Waals surface area contributed by atoms with Crippen molar-refractivity contribution < 1.29 is 13.5 Å². The van der Waals surface area contributed by atoms with Gasteiger partial charge in [-0.25, -0.2) is 8.78 Å². The number of nitrogens with zero attached hydrogens (tertiary/aromatic N) is 1. The van der Waals surface area contributed by atoms with Crippen LogP contribution in [0, 0.1) is 34.8 Å². The Morgan fingerprint density at radius 1 is 0.966 bits per heavy atom. The second-order valence-corrected chi connectivity index (χ2v) is 8.47. The van der Waals surface area contributed by atoms with Crippen molar-refractivity contribution in [3.05, 3.63) is 59.2 Å². The van der Waals surface area contributed by atoms with Gasteiger partial charge in [0.2, 0.25) is 0 Å². The van der Waals surface area contributed by atoms with Crippen LogP contribution in [0.4, 0.5) is 8.78 Å². The summed E-state index contributed by atoms with van der Waals surface area (Å²) in [6, 6.07) is 11.4. The predicted octanol–water partition coefficient (Wildman–Crippen LogP) is 6.59. The Hall–Kier alpha value is -2.25. The van der Waals surface area contributed by atoms with E-state index >= 15 is 0 Å². The molecule has 2 saturated carbocycles. The lowest BCUT2D eigenvalue weighted by Gasteiger charge is -2.42. The van der Waals surface area contributed by atoms with Gasteiger partial charge in [-0.05, 0) is 92.5 Å². The van der Waals surface area contributed by atoms with Crippen molar-refractivity contribution in [2.24, 2.45) is 11.8 Å². The van der Waals surface area contributed by atoms with E-state index < -0.39 is 5.82 Å². The maximum atomic E-state index is 14.9. The summed E-state index contributed by atoms with van der Waals surface area (Å²) in [5, 5.41) is 8.87. The molecule has 0 aromatic heterocycles. The monoisotopic (exact) mass is 395 g/mol. The summed E-state index contributed by atoms with van der Waals surface area (Å²) in [5.74, 6) is 0.896. The highest BCUT2D eigenvalue weighted by molar-refractivity contribution is 5.65. The molecule has 0 spiro atoms. The Balaban J connectivity index is 1.48. The molecule has 2 aromatic carbocycles. The van der Waals surface area contributed by atoms with Gasteiger partial charge in [0, 0.05) is 12.2 Å². The second kappa shape index (κ2) is 8.63. The first kappa shape index (κ1) is 20.0. The van der Waals surface area contributed by atoms with Crippen molar-refractivity contribution >= 4 is 0 Å². The first-order valence-electron chi connectivity index (χ1n) is 10.7. The number of hydrogen-bond donors (Lipinski definition) is 0. The summed E-state index contributed by atoms with van der Waals surface area (Å²) >= 11 is 0. The van der Waals surface area contributed by atoms with E-state index in [1.807, 2.05) is 6.07 Å². The molecular formula is C25H27F2NO. The molecule has 2 aliphatic carbocycles. The van der Waals surface area contributed by atoms with E-state index in [4.69, 9.17) is 10.00 Å². The van der Waals surface area contributed by atoms with Gasteiger partial charge in [0.25, 0.3) is 0 Å². The summed E-state index contributed by atoms with van der Waals surface area (Å²) in [6.07, 6.45) is 7.32. The second-order valence-electron chi connectivity index (χ2n) is 8.47. The fraction of sp³-hybridized carbons (Fsp3) is 0.480. The first-order valence-corrected chi connectivity index (χ1v) is 10.7. The van der Waals surface area contributed by atoms with Crippen LogP contribution in [0.5, 0.6) is 0 Å². The van der Waals surface area contributed by atoms with Crippen LogP contribution < -0.4 is 0 Å². The fourth-order valence-corrected chi connectivity index (χ4v) is 5.33. The number of hydrogen-bond acceptors (Lipinski definition) is 2. The minimum Gasteiger partial charge on any atom is -0.378 e. The molecule has 0 amide bonds. The first-order chi connectivity index (χ1) is 14.1. The van der Waals surface area contributed by atoms with Gasteiger partial charge in [-0.2, -0.15) is 5.26 Å². The third-order valence-electron chi connectivity index (χ3n) is 6.83. The van der Waals surface area contributed by atoms with E-state index in [0.717, 1.165) is 37.4 Å². The van der Waals surface area contributed by atoms with Crippen LogP contribution in [0.1, 0.15) is 62.5 Å². The van der Waals surface area contributed by atoms with E-state index in [2.05, 4.69) is 6.92 Å². The smallest absolute Gasteiger partial charge is 0.141 e. The number of benzene rings is 2. The van der Waals surface area contributed by atoms with Crippen molar-refractivity contribution in [1.82, 2.24) is 0 Å². The average molecular weight is 395 g/mol. The van der Waals surface area contributed by atoms with E-state index in [1.165, 1.54) is 31.4 Å². The number of rotatable bonds is 4. The molecule has 0 saturated heterocycles. The Morgan fingerprint density at radius 3 is 2.48 bits per heavy atom. The molecule has 0 N–H and O–H groups in total. The van der Waals surface area contributed by atoms with Gasteiger partial charge in [0.15, 0.2) is 0 Å². The van der Waals surface area contributed by atoms with E-state index in [1.54, 1.807) is 24.3 Å². The van der Waals surface area contributed by atoms with Crippen molar-refractivity contribution in [2.45, 2.75) is 57.5 Å². The Kier molecular flexibility index (Phi) is 5.96. The Bertz CT molecular complexity index is 920. The van der Waals surface area contributed by atoms with Gasteiger partial charge in [-0.1, -0.05) is 18.2 Å². The van der Waals surface area contributed by atoms with Crippen LogP contribution in [-0.4, -0.2) is 12.7 Å². The normalized spacial score (nSPS) is 26.6. The minimum absolute atomic E-state index is 0.0263. The number of nitriles is 1. The van der Waals surface area contributed by atoms with Crippen LogP contribution in [0.2, 0.25) is 0 Å². The molecule has 2 nitrogen and oxygen atoms in total. The predicted molar refractivity (Wildman–Crippen MR) is 109 cm³/mol. The summed E-state index contributed by atoms with van der Waals surface area (Å²) in [6.45, 7) is 2.85. The lowest BCUT2D eigenvalue weighted by molar-refractivity contribution is -0.00956.